The second-order valence-electron chi connectivity index (χ2n) is 19.0. The Kier molecular flexibility index (Phi) is 16.7. The molecule has 70 heavy (non-hydrogen) atoms. The minimum atomic E-state index is -2.07. The zero-order chi connectivity index (χ0) is 48.3. The Labute approximate surface area is 423 Å². The highest BCUT2D eigenvalue weighted by molar-refractivity contribution is 7.88. The van der Waals surface area contributed by atoms with Gasteiger partial charge in [0.25, 0.3) is 0 Å². The Morgan fingerprint density at radius 1 is 0.200 bits per heavy atom. The van der Waals surface area contributed by atoms with Gasteiger partial charge in [0.1, 0.15) is 72.1 Å². The average molecular weight is 997 g/mol. The summed E-state index contributed by atoms with van der Waals surface area (Å²) in [6.45, 7) is 18.3. The predicted octanol–water partition coefficient (Wildman–Crippen LogP) is 10.8. The number of rotatable bonds is 12. The van der Waals surface area contributed by atoms with Crippen molar-refractivity contribution in [1.82, 2.24) is 18.7 Å². The first-order valence-electron chi connectivity index (χ1n) is 25.2. The minimum absolute atomic E-state index is 0.968. The summed E-state index contributed by atoms with van der Waals surface area (Å²) >= 11 is 0. The van der Waals surface area contributed by atoms with Gasteiger partial charge in [-0.25, -0.2) is 0 Å². The van der Waals surface area contributed by atoms with Crippen LogP contribution in [0.3, 0.4) is 0 Å². The van der Waals surface area contributed by atoms with Crippen LogP contribution in [0.25, 0.3) is 0 Å². The van der Waals surface area contributed by atoms with Crippen LogP contribution in [0.15, 0.2) is 243 Å². The first-order valence-corrected chi connectivity index (χ1v) is 33.9. The van der Waals surface area contributed by atoms with Crippen molar-refractivity contribution in [3.05, 3.63) is 243 Å². The predicted molar refractivity (Wildman–Crippen MR) is 316 cm³/mol. The maximum absolute atomic E-state index is 2.97. The largest absolute Gasteiger partial charge is 0.169 e. The maximum atomic E-state index is 2.97. The van der Waals surface area contributed by atoms with Crippen LogP contribution < -0.4 is 42.4 Å². The van der Waals surface area contributed by atoms with E-state index in [0.29, 0.717) is 0 Å². The molecule has 0 bridgehead atoms. The lowest BCUT2D eigenvalue weighted by Crippen LogP contribution is -2.47. The smallest absolute Gasteiger partial charge is 0.145 e. The monoisotopic (exact) mass is 996 g/mol. The molecule has 0 N–H and O–H groups in total. The fourth-order valence-electron chi connectivity index (χ4n) is 11.0. The molecule has 0 spiro atoms. The van der Waals surface area contributed by atoms with Gasteiger partial charge in [-0.15, -0.1) is 0 Å². The van der Waals surface area contributed by atoms with E-state index >= 15 is 0 Å². The second-order valence-corrected chi connectivity index (χ2v) is 33.1. The summed E-state index contributed by atoms with van der Waals surface area (Å²) in [5.74, 6) is 0. The molecule has 8 heteroatoms. The Morgan fingerprint density at radius 2 is 0.329 bits per heavy atom. The highest BCUT2D eigenvalue weighted by Gasteiger charge is 2.51. The van der Waals surface area contributed by atoms with Crippen LogP contribution in [0.4, 0.5) is 0 Å². The quantitative estimate of drug-likeness (QED) is 0.113. The van der Waals surface area contributed by atoms with Crippen LogP contribution in [0.5, 0.6) is 0 Å². The highest BCUT2D eigenvalue weighted by atomic mass is 31.2. The van der Waals surface area contributed by atoms with Gasteiger partial charge >= 0.3 is 0 Å². The summed E-state index contributed by atoms with van der Waals surface area (Å²) in [7, 11) is -8.27. The lowest BCUT2D eigenvalue weighted by Gasteiger charge is -2.41. The van der Waals surface area contributed by atoms with E-state index in [1.54, 1.807) is 0 Å². The number of hydrogen-bond donors (Lipinski definition) is 0. The molecule has 0 saturated carbocycles. The summed E-state index contributed by atoms with van der Waals surface area (Å²) < 4.78 is 11.9. The molecular weight excluding hydrogens is 925 g/mol. The van der Waals surface area contributed by atoms with Crippen LogP contribution in [0.1, 0.15) is 12.8 Å². The van der Waals surface area contributed by atoms with E-state index in [-0.39, 0.29) is 0 Å². The second kappa shape index (κ2) is 23.2. The molecule has 0 unspecified atom stereocenters. The van der Waals surface area contributed by atoms with Crippen LogP contribution in [-0.2, 0) is 0 Å². The lowest BCUT2D eigenvalue weighted by atomic mass is 10.3. The van der Waals surface area contributed by atoms with Crippen molar-refractivity contribution >= 4 is 72.1 Å². The molecule has 4 nitrogen and oxygen atoms in total. The van der Waals surface area contributed by atoms with Crippen molar-refractivity contribution in [3.63, 3.8) is 0 Å². The van der Waals surface area contributed by atoms with Crippen molar-refractivity contribution in [2.75, 3.05) is 79.0 Å². The molecule has 356 valence electrons. The number of benzene rings is 8. The van der Waals surface area contributed by atoms with Gasteiger partial charge in [0.05, 0.1) is 52.8 Å². The van der Waals surface area contributed by atoms with Crippen molar-refractivity contribution in [2.45, 2.75) is 12.8 Å². The number of nitrogens with zero attached hydrogens (tertiary/aromatic N) is 4. The van der Waals surface area contributed by atoms with E-state index in [1.807, 2.05) is 0 Å². The Balaban J connectivity index is 1.21. The molecule has 0 radical (unpaired) electrons. The standard InChI is InChI=1S/C62H72N4P4/c1-67(55-31-13-5-14-32-55,56-33-15-6-16-34-56)63-47-29-48-65(69(3,59-39-21-9-22-40-59)60-41-23-10-24-42-60)53-54-66(70(4,61-43-25-11-26-44-61)62-45-27-12-28-46-62)50-30-49-64(52-51-63)68(2,57-35-17-7-18-36-57)58-37-19-8-20-38-58/h5-28,31-46H,29-30,47-54H2,1-4H3/q+4. The third kappa shape index (κ3) is 10.5. The van der Waals surface area contributed by atoms with Gasteiger partial charge in [0.15, 0.2) is 0 Å². The van der Waals surface area contributed by atoms with Gasteiger partial charge in [-0.1, -0.05) is 146 Å². The molecular formula is C62H72N4P4+4. The summed E-state index contributed by atoms with van der Waals surface area (Å²) in [6.07, 6.45) is 2.11. The highest BCUT2D eigenvalue weighted by Crippen LogP contribution is 2.61. The minimum Gasteiger partial charge on any atom is -0.169 e. The molecule has 0 aromatic heterocycles. The van der Waals surface area contributed by atoms with Crippen molar-refractivity contribution < 1.29 is 0 Å². The van der Waals surface area contributed by atoms with E-state index < -0.39 is 29.7 Å². The Bertz CT molecular complexity index is 2240. The normalized spacial score (nSPS) is 16.1. The van der Waals surface area contributed by atoms with E-state index in [9.17, 15) is 0 Å². The van der Waals surface area contributed by atoms with Gasteiger partial charge < -0.3 is 0 Å². The SMILES string of the molecule is C[P+](c1ccccc1)(c1ccccc1)N1CCCN([P+](C)(c2ccccc2)c2ccccc2)CCN([P+](C)(c2ccccc2)c2ccccc2)CCCN([P+](C)(c2ccccc2)c2ccccc2)CC1. The molecule has 0 atom stereocenters. The summed E-state index contributed by atoms with van der Waals surface area (Å²) in [6, 6.07) is 92.0. The third-order valence-corrected chi connectivity index (χ3v) is 31.8. The molecule has 1 aliphatic heterocycles. The maximum Gasteiger partial charge on any atom is 0.145 e. The molecule has 8 aromatic rings. The molecule has 1 aliphatic rings. The van der Waals surface area contributed by atoms with E-state index in [4.69, 9.17) is 0 Å². The first-order chi connectivity index (χ1) is 34.3. The van der Waals surface area contributed by atoms with Crippen LogP contribution in [0, 0.1) is 0 Å². The van der Waals surface area contributed by atoms with Crippen LogP contribution in [-0.4, -0.2) is 97.7 Å². The Morgan fingerprint density at radius 3 is 0.457 bits per heavy atom. The molecule has 0 aliphatic carbocycles. The van der Waals surface area contributed by atoms with Gasteiger partial charge in [-0.2, -0.15) is 18.7 Å². The van der Waals surface area contributed by atoms with Crippen molar-refractivity contribution in [2.24, 2.45) is 0 Å². The molecule has 1 saturated heterocycles. The fraction of sp³-hybridized carbons (Fsp3) is 0.226. The van der Waals surface area contributed by atoms with E-state index in [2.05, 4.69) is 288 Å². The fourth-order valence-corrected chi connectivity index (χ4v) is 25.0. The van der Waals surface area contributed by atoms with E-state index in [0.717, 1.165) is 65.2 Å². The first kappa shape index (κ1) is 50.3. The summed E-state index contributed by atoms with van der Waals surface area (Å²) in [5, 5.41) is 11.6. The Hall–Kier alpha value is -4.68. The zero-order valence-corrected chi connectivity index (χ0v) is 45.3. The topological polar surface area (TPSA) is 13.0 Å². The zero-order valence-electron chi connectivity index (χ0n) is 41.7. The van der Waals surface area contributed by atoms with Crippen molar-refractivity contribution in [1.29, 1.82) is 0 Å². The summed E-state index contributed by atoms with van der Waals surface area (Å²) in [4.78, 5) is 0. The molecule has 8 aromatic carbocycles. The van der Waals surface area contributed by atoms with Crippen LogP contribution >= 0.6 is 29.7 Å². The molecule has 0 amide bonds. The van der Waals surface area contributed by atoms with Gasteiger partial charge in [0.2, 0.25) is 0 Å². The summed E-state index contributed by atoms with van der Waals surface area (Å²) in [5.41, 5.74) is 0. The number of hydrogen-bond acceptors (Lipinski definition) is 4. The lowest BCUT2D eigenvalue weighted by molar-refractivity contribution is 0.313. The van der Waals surface area contributed by atoms with Gasteiger partial charge in [0, 0.05) is 26.2 Å². The molecule has 9 rings (SSSR count). The third-order valence-electron chi connectivity index (χ3n) is 15.2. The van der Waals surface area contributed by atoms with Crippen LogP contribution in [0.2, 0.25) is 0 Å². The molecule has 1 heterocycles. The molecule has 1 fully saturated rings. The van der Waals surface area contributed by atoms with E-state index in [1.165, 1.54) is 42.4 Å². The van der Waals surface area contributed by atoms with Gasteiger partial charge in [-0.3, -0.25) is 0 Å². The van der Waals surface area contributed by atoms with Crippen molar-refractivity contribution in [3.8, 4) is 0 Å². The average Bonchev–Trinajstić information content (AvgIpc) is 3.44. The van der Waals surface area contributed by atoms with Gasteiger partial charge in [-0.05, 0) is 110 Å².